The van der Waals surface area contributed by atoms with Gasteiger partial charge in [-0.15, -0.1) is 6.58 Å². The molecule has 1 aromatic carbocycles. The van der Waals surface area contributed by atoms with Gasteiger partial charge in [0.2, 0.25) is 0 Å². The van der Waals surface area contributed by atoms with Gasteiger partial charge in [0.05, 0.1) is 25.7 Å². The Labute approximate surface area is 169 Å². The van der Waals surface area contributed by atoms with Crippen molar-refractivity contribution in [3.8, 4) is 0 Å². The molecule has 0 heterocycles. The number of esters is 2. The molecular weight excluding hydrogens is 352 g/mol. The topological polar surface area (TPSA) is 103 Å². The second-order valence-corrected chi connectivity index (χ2v) is 5.59. The zero-order valence-electron chi connectivity index (χ0n) is 15.8. The number of allylic oxidation sites excluding steroid dienone is 1. The van der Waals surface area contributed by atoms with Gasteiger partial charge in [0.1, 0.15) is 5.82 Å². The predicted molar refractivity (Wildman–Crippen MR) is 92.2 cm³/mol. The second kappa shape index (κ2) is 11.9. The van der Waals surface area contributed by atoms with Crippen LogP contribution in [-0.4, -0.2) is 31.7 Å². The van der Waals surface area contributed by atoms with E-state index in [4.69, 9.17) is 9.47 Å². The molecule has 0 radical (unpaired) electrons. The van der Waals surface area contributed by atoms with Gasteiger partial charge in [0, 0.05) is 0 Å². The number of carbonyl (C=O) groups excluding carboxylic acids is 2. The largest absolute Gasteiger partial charge is 1.00 e. The number of ether oxygens (including phenoxy) is 2. The molecule has 0 aliphatic heterocycles. The van der Waals surface area contributed by atoms with Crippen LogP contribution in [0.2, 0.25) is 0 Å². The maximum atomic E-state index is 13.3. The van der Waals surface area contributed by atoms with Crippen LogP contribution < -0.4 is 24.1 Å². The van der Waals surface area contributed by atoms with E-state index in [0.29, 0.717) is 0 Å². The average Bonchev–Trinajstić information content (AvgIpc) is 2.59. The van der Waals surface area contributed by atoms with Gasteiger partial charge in [-0.2, -0.15) is 0 Å². The van der Waals surface area contributed by atoms with Gasteiger partial charge in [-0.05, 0) is 38.0 Å². The molecule has 0 spiro atoms. The van der Waals surface area contributed by atoms with Crippen LogP contribution in [0, 0.1) is 21.6 Å². The van der Waals surface area contributed by atoms with Gasteiger partial charge in [-0.25, -0.2) is 4.39 Å². The third-order valence-corrected chi connectivity index (χ3v) is 3.98. The number of halogens is 1. The average molecular weight is 375 g/mol. The van der Waals surface area contributed by atoms with Crippen LogP contribution in [0.25, 0.3) is 0 Å². The summed E-state index contributed by atoms with van der Waals surface area (Å²) < 4.78 is 23.4. The van der Waals surface area contributed by atoms with Crippen molar-refractivity contribution in [1.82, 2.24) is 0 Å². The summed E-state index contributed by atoms with van der Waals surface area (Å²) in [6.07, 6.45) is 1.11. The SMILES string of the molecule is C=CCC(C(=O)OCC)(C(=O)OCC)C(C[NH+]([O-])[O-])c1ccc(F)cc1.[Li+]. The molecule has 144 valence electrons. The molecule has 1 rings (SSSR count). The number of nitrogens with one attached hydrogen (secondary N) is 1. The van der Waals surface area contributed by atoms with E-state index in [9.17, 15) is 24.4 Å². The molecule has 1 aromatic rings. The molecule has 0 amide bonds. The fourth-order valence-electron chi connectivity index (χ4n) is 2.86. The fraction of sp³-hybridized carbons (Fsp3) is 0.444. The van der Waals surface area contributed by atoms with Gasteiger partial charge in [0.25, 0.3) is 0 Å². The zero-order chi connectivity index (χ0) is 19.7. The van der Waals surface area contributed by atoms with Gasteiger partial charge in [-0.1, -0.05) is 18.2 Å². The normalized spacial score (nSPS) is 12.1. The van der Waals surface area contributed by atoms with Gasteiger partial charge in [0.15, 0.2) is 5.41 Å². The van der Waals surface area contributed by atoms with E-state index in [1.54, 1.807) is 13.8 Å². The molecule has 1 atom stereocenters. The molecule has 0 aliphatic rings. The fourth-order valence-corrected chi connectivity index (χ4v) is 2.86. The first-order chi connectivity index (χ1) is 12.3. The van der Waals surface area contributed by atoms with E-state index in [0.717, 1.165) is 12.1 Å². The maximum Gasteiger partial charge on any atom is 1.00 e. The number of benzene rings is 1. The van der Waals surface area contributed by atoms with Crippen LogP contribution in [0.4, 0.5) is 4.39 Å². The summed E-state index contributed by atoms with van der Waals surface area (Å²) in [5.74, 6) is -3.56. The van der Waals surface area contributed by atoms with Crippen LogP contribution >= 0.6 is 0 Å². The monoisotopic (exact) mass is 375 g/mol. The standard InChI is InChI=1S/C18H23FNO6.Li/c1-4-11-18(16(21)25-5-2,17(22)26-6-3)15(12-20(23)24)13-7-9-14(19)10-8-13;/h4,7-10,15,20H,1,5-6,11-12H2,2-3H3;/q-1;+1. The third-order valence-electron chi connectivity index (χ3n) is 3.98. The van der Waals surface area contributed by atoms with Gasteiger partial charge in [-0.3, -0.25) is 9.59 Å². The van der Waals surface area contributed by atoms with Crippen LogP contribution in [-0.2, 0) is 19.1 Å². The van der Waals surface area contributed by atoms with Crippen molar-refractivity contribution in [2.24, 2.45) is 5.41 Å². The van der Waals surface area contributed by atoms with Gasteiger partial charge < -0.3 is 25.1 Å². The molecule has 0 fully saturated rings. The Balaban J connectivity index is 0.00000676. The Morgan fingerprint density at radius 1 is 1.19 bits per heavy atom. The van der Waals surface area contributed by atoms with Crippen molar-refractivity contribution in [1.29, 1.82) is 0 Å². The van der Waals surface area contributed by atoms with Crippen molar-refractivity contribution < 1.29 is 47.5 Å². The van der Waals surface area contributed by atoms with E-state index in [-0.39, 0.29) is 44.1 Å². The molecule has 0 aromatic heterocycles. The van der Waals surface area contributed by atoms with Crippen LogP contribution in [0.5, 0.6) is 0 Å². The molecular formula is C18H23FLiNO6. The Hall–Kier alpha value is -1.69. The molecule has 0 saturated heterocycles. The molecule has 0 bridgehead atoms. The zero-order valence-corrected chi connectivity index (χ0v) is 15.8. The minimum absolute atomic E-state index is 0. The van der Waals surface area contributed by atoms with E-state index >= 15 is 0 Å². The number of rotatable bonds is 10. The molecule has 27 heavy (non-hydrogen) atoms. The van der Waals surface area contributed by atoms with Crippen molar-refractivity contribution in [2.75, 3.05) is 19.8 Å². The van der Waals surface area contributed by atoms with Crippen LogP contribution in [0.3, 0.4) is 0 Å². The van der Waals surface area contributed by atoms with E-state index in [1.165, 1.54) is 18.2 Å². The van der Waals surface area contributed by atoms with E-state index in [1.807, 2.05) is 0 Å². The summed E-state index contributed by atoms with van der Waals surface area (Å²) in [6, 6.07) is 4.87. The molecule has 9 heteroatoms. The molecule has 0 aliphatic carbocycles. The summed E-state index contributed by atoms with van der Waals surface area (Å²) >= 11 is 0. The smallest absolute Gasteiger partial charge is 0.633 e. The Bertz CT molecular complexity index is 605. The summed E-state index contributed by atoms with van der Waals surface area (Å²) in [7, 11) is 0. The number of hydroxylamine groups is 2. The van der Waals surface area contributed by atoms with Crippen molar-refractivity contribution in [2.45, 2.75) is 26.2 Å². The first kappa shape index (κ1) is 25.3. The van der Waals surface area contributed by atoms with E-state index < -0.39 is 40.9 Å². The Kier molecular flexibility index (Phi) is 11.2. The maximum absolute atomic E-state index is 13.3. The Morgan fingerprint density at radius 2 is 1.67 bits per heavy atom. The summed E-state index contributed by atoms with van der Waals surface area (Å²) in [4.78, 5) is 25.6. The Morgan fingerprint density at radius 3 is 2.04 bits per heavy atom. The van der Waals surface area contributed by atoms with Crippen LogP contribution in [0.15, 0.2) is 36.9 Å². The third kappa shape index (κ3) is 6.16. The first-order valence-electron chi connectivity index (χ1n) is 8.24. The number of carbonyl (C=O) groups is 2. The minimum atomic E-state index is -1.97. The quantitative estimate of drug-likeness (QED) is 0.175. The summed E-state index contributed by atoms with van der Waals surface area (Å²) in [5.41, 5.74) is -1.69. The number of hydrogen-bond acceptors (Lipinski definition) is 6. The number of quaternary nitrogens is 1. The van der Waals surface area contributed by atoms with Crippen molar-refractivity contribution in [3.05, 3.63) is 58.7 Å². The molecule has 1 N–H and O–H groups in total. The number of hydrogen-bond donors (Lipinski definition) is 1. The van der Waals surface area contributed by atoms with Gasteiger partial charge >= 0.3 is 30.8 Å². The second-order valence-electron chi connectivity index (χ2n) is 5.59. The summed E-state index contributed by atoms with van der Waals surface area (Å²) in [5, 5.41) is 21.2. The van der Waals surface area contributed by atoms with Crippen molar-refractivity contribution >= 4 is 11.9 Å². The molecule has 0 saturated carbocycles. The van der Waals surface area contributed by atoms with Crippen molar-refractivity contribution in [3.63, 3.8) is 0 Å². The van der Waals surface area contributed by atoms with Crippen LogP contribution in [0.1, 0.15) is 31.7 Å². The minimum Gasteiger partial charge on any atom is -0.633 e. The van der Waals surface area contributed by atoms with E-state index in [2.05, 4.69) is 6.58 Å². The summed E-state index contributed by atoms with van der Waals surface area (Å²) in [6.45, 7) is 6.00. The first-order valence-corrected chi connectivity index (χ1v) is 8.24. The molecule has 7 nitrogen and oxygen atoms in total. The predicted octanol–water partition coefficient (Wildman–Crippen LogP) is -1.52. The molecule has 1 unspecified atom stereocenters.